The van der Waals surface area contributed by atoms with Crippen LogP contribution in [-0.4, -0.2) is 56.0 Å². The van der Waals surface area contributed by atoms with Gasteiger partial charge in [-0.1, -0.05) is 12.8 Å². The predicted octanol–water partition coefficient (Wildman–Crippen LogP) is 0.553. The number of urea groups is 1. The first-order valence-corrected chi connectivity index (χ1v) is 10.3. The standard InChI is InChI=1S/C20H26N6O4/c1-12-14(13(2)26-15(22-12)11-17(28)24-26)10-16(27)21-8-5-9-25-18(29)20(23-19(25)30)6-3-4-7-20/h11H,3-10H2,1-2H3,(H,21,27)(H,23,30)(H,24,28). The Morgan fingerprint density at radius 1 is 1.23 bits per heavy atom. The van der Waals surface area contributed by atoms with Crippen molar-refractivity contribution < 1.29 is 14.4 Å². The van der Waals surface area contributed by atoms with Gasteiger partial charge in [0, 0.05) is 36.1 Å². The van der Waals surface area contributed by atoms with Gasteiger partial charge < -0.3 is 10.6 Å². The van der Waals surface area contributed by atoms with E-state index in [-0.39, 0.29) is 36.4 Å². The molecule has 2 aromatic heterocycles. The molecule has 30 heavy (non-hydrogen) atoms. The quantitative estimate of drug-likeness (QED) is 0.470. The van der Waals surface area contributed by atoms with Crippen molar-refractivity contribution in [3.8, 4) is 0 Å². The first-order chi connectivity index (χ1) is 14.3. The van der Waals surface area contributed by atoms with Gasteiger partial charge in [0.1, 0.15) is 5.54 Å². The number of fused-ring (bicyclic) bond motifs is 1. The summed E-state index contributed by atoms with van der Waals surface area (Å²) < 4.78 is 1.58. The Morgan fingerprint density at radius 2 is 1.97 bits per heavy atom. The molecule has 0 unspecified atom stereocenters. The lowest BCUT2D eigenvalue weighted by Gasteiger charge is -2.20. The molecule has 1 saturated carbocycles. The SMILES string of the molecule is Cc1nc2cc(=O)[nH]n2c(C)c1CC(=O)NCCCN1C(=O)NC2(CCCC2)C1=O. The molecule has 2 aliphatic rings. The molecule has 1 aliphatic heterocycles. The van der Waals surface area contributed by atoms with Gasteiger partial charge in [-0.05, 0) is 33.1 Å². The maximum atomic E-state index is 12.6. The highest BCUT2D eigenvalue weighted by atomic mass is 16.2. The highest BCUT2D eigenvalue weighted by molar-refractivity contribution is 6.07. The Hall–Kier alpha value is -3.17. The van der Waals surface area contributed by atoms with Gasteiger partial charge in [0.2, 0.25) is 5.91 Å². The van der Waals surface area contributed by atoms with Gasteiger partial charge in [-0.2, -0.15) is 0 Å². The molecule has 0 bridgehead atoms. The normalized spacial score (nSPS) is 17.9. The summed E-state index contributed by atoms with van der Waals surface area (Å²) in [5, 5.41) is 8.36. The highest BCUT2D eigenvalue weighted by Gasteiger charge is 2.51. The van der Waals surface area contributed by atoms with Crippen LogP contribution in [0.5, 0.6) is 0 Å². The molecule has 0 atom stereocenters. The molecule has 10 nitrogen and oxygen atoms in total. The highest BCUT2D eigenvalue weighted by Crippen LogP contribution is 2.34. The summed E-state index contributed by atoms with van der Waals surface area (Å²) in [6, 6.07) is 1.08. The van der Waals surface area contributed by atoms with E-state index in [1.807, 2.05) is 13.8 Å². The van der Waals surface area contributed by atoms with E-state index in [0.29, 0.717) is 37.1 Å². The maximum Gasteiger partial charge on any atom is 0.325 e. The zero-order valence-corrected chi connectivity index (χ0v) is 17.2. The predicted molar refractivity (Wildman–Crippen MR) is 108 cm³/mol. The van der Waals surface area contributed by atoms with Crippen LogP contribution in [-0.2, 0) is 16.0 Å². The molecule has 160 valence electrons. The van der Waals surface area contributed by atoms with Crippen molar-refractivity contribution in [3.05, 3.63) is 33.4 Å². The first-order valence-electron chi connectivity index (χ1n) is 10.3. The van der Waals surface area contributed by atoms with Crippen LogP contribution in [0.15, 0.2) is 10.9 Å². The molecule has 0 aromatic carbocycles. The molecule has 2 fully saturated rings. The van der Waals surface area contributed by atoms with E-state index in [1.165, 1.54) is 11.0 Å². The van der Waals surface area contributed by atoms with Crippen molar-refractivity contribution in [1.82, 2.24) is 30.1 Å². The van der Waals surface area contributed by atoms with Gasteiger partial charge in [-0.15, -0.1) is 0 Å². The number of aryl methyl sites for hydroxylation is 2. The molecule has 3 N–H and O–H groups in total. The van der Waals surface area contributed by atoms with E-state index in [9.17, 15) is 19.2 Å². The van der Waals surface area contributed by atoms with Crippen LogP contribution < -0.4 is 16.2 Å². The van der Waals surface area contributed by atoms with Crippen molar-refractivity contribution in [2.45, 2.75) is 57.9 Å². The summed E-state index contributed by atoms with van der Waals surface area (Å²) >= 11 is 0. The van der Waals surface area contributed by atoms with Crippen LogP contribution in [0.1, 0.15) is 49.1 Å². The van der Waals surface area contributed by atoms with Crippen LogP contribution in [0.3, 0.4) is 0 Å². The molecule has 1 spiro atoms. The van der Waals surface area contributed by atoms with E-state index in [0.717, 1.165) is 24.1 Å². The zero-order chi connectivity index (χ0) is 21.5. The number of amides is 4. The third-order valence-electron chi connectivity index (χ3n) is 6.12. The number of aromatic amines is 1. The Bertz CT molecular complexity index is 1080. The van der Waals surface area contributed by atoms with Crippen LogP contribution in [0.2, 0.25) is 0 Å². The smallest absolute Gasteiger partial charge is 0.325 e. The second kappa shape index (κ2) is 7.58. The van der Waals surface area contributed by atoms with Gasteiger partial charge in [-0.25, -0.2) is 14.3 Å². The lowest BCUT2D eigenvalue weighted by atomic mass is 9.98. The second-order valence-electron chi connectivity index (χ2n) is 8.13. The molecule has 3 heterocycles. The van der Waals surface area contributed by atoms with Gasteiger partial charge in [0.25, 0.3) is 11.5 Å². The number of nitrogens with one attached hydrogen (secondary N) is 3. The molecule has 1 aliphatic carbocycles. The molecule has 4 rings (SSSR count). The number of carbonyl (C=O) groups excluding carboxylic acids is 3. The van der Waals surface area contributed by atoms with Crippen molar-refractivity contribution in [2.75, 3.05) is 13.1 Å². The minimum atomic E-state index is -0.694. The van der Waals surface area contributed by atoms with Crippen LogP contribution >= 0.6 is 0 Å². The average molecular weight is 414 g/mol. The fourth-order valence-corrected chi connectivity index (χ4v) is 4.50. The van der Waals surface area contributed by atoms with E-state index in [4.69, 9.17) is 0 Å². The fraction of sp³-hybridized carbons (Fsp3) is 0.550. The Labute approximate surface area is 173 Å². The summed E-state index contributed by atoms with van der Waals surface area (Å²) in [7, 11) is 0. The first kappa shape index (κ1) is 20.1. The lowest BCUT2D eigenvalue weighted by Crippen LogP contribution is -2.44. The fourth-order valence-electron chi connectivity index (χ4n) is 4.50. The number of nitrogens with zero attached hydrogens (tertiary/aromatic N) is 3. The van der Waals surface area contributed by atoms with E-state index in [1.54, 1.807) is 4.52 Å². The summed E-state index contributed by atoms with van der Waals surface area (Å²) in [6.07, 6.45) is 3.93. The van der Waals surface area contributed by atoms with Gasteiger partial charge in [-0.3, -0.25) is 24.4 Å². The minimum absolute atomic E-state index is 0.132. The Kier molecular flexibility index (Phi) is 5.08. The number of carbonyl (C=O) groups is 3. The van der Waals surface area contributed by atoms with E-state index >= 15 is 0 Å². The second-order valence-corrected chi connectivity index (χ2v) is 8.13. The molecule has 2 aromatic rings. The molecular weight excluding hydrogens is 388 g/mol. The van der Waals surface area contributed by atoms with Gasteiger partial charge in [0.05, 0.1) is 6.42 Å². The molecule has 0 radical (unpaired) electrons. The average Bonchev–Trinajstić information content (AvgIpc) is 3.36. The zero-order valence-electron chi connectivity index (χ0n) is 17.2. The number of hydrogen-bond acceptors (Lipinski definition) is 5. The van der Waals surface area contributed by atoms with Crippen molar-refractivity contribution in [3.63, 3.8) is 0 Å². The van der Waals surface area contributed by atoms with Crippen molar-refractivity contribution in [1.29, 1.82) is 0 Å². The number of aromatic nitrogens is 3. The monoisotopic (exact) mass is 414 g/mol. The summed E-state index contributed by atoms with van der Waals surface area (Å²) in [4.78, 5) is 54.4. The number of rotatable bonds is 6. The largest absolute Gasteiger partial charge is 0.356 e. The van der Waals surface area contributed by atoms with Gasteiger partial charge >= 0.3 is 6.03 Å². The Morgan fingerprint density at radius 3 is 2.70 bits per heavy atom. The lowest BCUT2D eigenvalue weighted by molar-refractivity contribution is -0.131. The molecule has 10 heteroatoms. The molecular formula is C20H26N6O4. The van der Waals surface area contributed by atoms with Crippen molar-refractivity contribution >= 4 is 23.5 Å². The van der Waals surface area contributed by atoms with Crippen molar-refractivity contribution in [2.24, 2.45) is 0 Å². The third-order valence-corrected chi connectivity index (χ3v) is 6.12. The summed E-state index contributed by atoms with van der Waals surface area (Å²) in [6.45, 7) is 4.28. The van der Waals surface area contributed by atoms with Crippen LogP contribution in [0.4, 0.5) is 4.79 Å². The molecule has 4 amide bonds. The van der Waals surface area contributed by atoms with E-state index in [2.05, 4.69) is 20.7 Å². The van der Waals surface area contributed by atoms with E-state index < -0.39 is 5.54 Å². The topological polar surface area (TPSA) is 129 Å². The summed E-state index contributed by atoms with van der Waals surface area (Å²) in [5.41, 5.74) is 1.79. The van der Waals surface area contributed by atoms with Gasteiger partial charge in [0.15, 0.2) is 5.65 Å². The number of H-pyrrole nitrogens is 1. The Balaban J connectivity index is 1.31. The van der Waals surface area contributed by atoms with Crippen LogP contribution in [0.25, 0.3) is 5.65 Å². The van der Waals surface area contributed by atoms with Crippen LogP contribution in [0, 0.1) is 13.8 Å². The number of hydrogen-bond donors (Lipinski definition) is 3. The number of imide groups is 1. The third kappa shape index (κ3) is 3.46. The summed E-state index contributed by atoms with van der Waals surface area (Å²) in [5.74, 6) is -0.316. The molecule has 1 saturated heterocycles. The maximum absolute atomic E-state index is 12.6. The minimum Gasteiger partial charge on any atom is -0.356 e.